The number of aliphatic imine (C=N–C) groups is 1. The molecule has 22 rings (SSSR count). The second-order valence-corrected chi connectivity index (χ2v) is 37.1. The number of fused-ring (bicyclic) bond motifs is 6. The largest absolute Gasteiger partial charge is 0.322 e. The van der Waals surface area contributed by atoms with Gasteiger partial charge in [0.25, 0.3) is 33.7 Å². The third kappa shape index (κ3) is 21.1. The van der Waals surface area contributed by atoms with Crippen molar-refractivity contribution in [3.05, 3.63) is 375 Å². The van der Waals surface area contributed by atoms with Crippen molar-refractivity contribution < 1.29 is 13.6 Å². The minimum atomic E-state index is -3.03. The molecule has 0 saturated carbocycles. The molecule has 0 saturated heterocycles. The maximum atomic E-state index is 13.4. The Morgan fingerprint density at radius 1 is 0.420 bits per heavy atom. The highest BCUT2D eigenvalue weighted by atomic mass is 32.2. The number of alkyl halides is 2. The standard InChI is InChI=1S/C20H15N5OS2.C19H15N5OS2.C19H16N4O2S.C18H15N3OS.C17H14F2N6OS/c26-18-10-14(24-25(18)19-21-15-8-4-5-9-16(15)22-19)11-27-20-23-17(12-28-20)13-6-2-1-3-7-13;1-11-6-7-16-15(8-11)22-19(27-16)26-10-12-9-17(25)24(23-12)18-20-13-4-2-3-5-14(13)21-18;1-12(24)13-6-8-15(9-7-13)26-11-14-10-18(25)23(22-14)19-20-16-4-2-3-5-17(16)21-19;22-18-11-14(12-23-15-7-2-1-3-8-15)20-21(18)17-10-13-6-4-5-9-16(13)19-17;1-17(18,19)13-6-7-20-16(23-13)27-9-10-8-14(26)25(24-10)15-21-11-4-2-3-5-12(11)22-15/h1-10,12,24H,11H2,(H,21,22);2-9,23H,10H2,1H3,(H,20,21);2-10,22H,11H2,1H3,(H,20,21);1-9,11,20H,10,12H2;2-8,24H,9H2,1H3,(H,21,22). The Balaban J connectivity index is 0.000000110. The smallest absolute Gasteiger partial charge is 0.287 e. The van der Waals surface area contributed by atoms with Gasteiger partial charge in [0.15, 0.2) is 19.6 Å². The molecule has 0 bridgehead atoms. The molecule has 1 aliphatic heterocycles. The number of halogens is 2. The second-order valence-electron chi connectivity index (χ2n) is 29.7. The highest BCUT2D eigenvalue weighted by molar-refractivity contribution is 8.00. The van der Waals surface area contributed by atoms with Crippen LogP contribution in [0.5, 0.6) is 0 Å². The third-order valence-corrected chi connectivity index (χ3v) is 27.4. The highest BCUT2D eigenvalue weighted by Gasteiger charge is 2.27. The van der Waals surface area contributed by atoms with Gasteiger partial charge in [0, 0.05) is 133 Å². The minimum Gasteiger partial charge on any atom is -0.322 e. The van der Waals surface area contributed by atoms with Gasteiger partial charge in [-0.2, -0.15) is 27.5 Å². The van der Waals surface area contributed by atoms with Crippen molar-refractivity contribution in [2.24, 2.45) is 4.99 Å². The SMILES string of the molecule is CC(=O)c1ccc(SCc2cc(=O)n(-c3nc4ccccc4[nH]3)[nH]2)cc1.CC(F)(F)c1ccnc(SCc2cc(=O)n(-c3nc4ccccc4[nH]3)[nH]2)n1.Cc1ccc2sc(SCc3cc(=O)n(-c4nc5ccccc5[nH]4)[nH]3)nc2c1.O=c1cc(CSc2ccccc2)[nH]n1C1=Nc2ccccc2C1.O=c1cc(CSc2nc(-c3ccccc3)cs2)[nH]n1-c1nc2ccccc2[nH]1. The molecule has 654 valence electrons. The molecular weight excluding hydrogens is 1800 g/mol. The number of hydrogen-bond acceptors (Lipinski definition) is 22. The topological polar surface area (TPSA) is 385 Å². The molecule has 0 amide bonds. The predicted octanol–water partition coefficient (Wildman–Crippen LogP) is 19.1. The van der Waals surface area contributed by atoms with E-state index in [4.69, 9.17) is 0 Å². The Morgan fingerprint density at radius 3 is 1.31 bits per heavy atom. The van der Waals surface area contributed by atoms with E-state index < -0.39 is 5.92 Å². The van der Waals surface area contributed by atoms with E-state index in [1.807, 2.05) is 182 Å². The average molecular weight is 1870 g/mol. The maximum absolute atomic E-state index is 13.4. The van der Waals surface area contributed by atoms with Crippen LogP contribution in [0.4, 0.5) is 14.5 Å². The fourth-order valence-electron chi connectivity index (χ4n) is 13.7. The van der Waals surface area contributed by atoms with Crippen molar-refractivity contribution in [2.45, 2.75) is 85.5 Å². The van der Waals surface area contributed by atoms with Crippen LogP contribution >= 0.6 is 81.5 Å². The number of Topliss-reactive ketones (excluding diaryl/α,β-unsaturated/α-hetero) is 1. The summed E-state index contributed by atoms with van der Waals surface area (Å²) < 4.78 is 37.0. The van der Waals surface area contributed by atoms with Gasteiger partial charge in [0.1, 0.15) is 11.5 Å². The molecule has 0 atom stereocenters. The lowest BCUT2D eigenvalue weighted by Crippen LogP contribution is -2.24. The molecule has 9 N–H and O–H groups in total. The van der Waals surface area contributed by atoms with Gasteiger partial charge in [-0.1, -0.05) is 169 Å². The fraction of sp³-hybridized carbons (Fsp3) is 0.108. The van der Waals surface area contributed by atoms with Crippen LogP contribution in [0.15, 0.2) is 325 Å². The Bertz CT molecular complexity index is 7880. The Labute approximate surface area is 770 Å². The summed E-state index contributed by atoms with van der Waals surface area (Å²) in [5.41, 5.74) is 16.7. The first-order valence-electron chi connectivity index (χ1n) is 40.6. The quantitative estimate of drug-likeness (QED) is 0.0173. The number of aromatic nitrogens is 22. The molecule has 1 aliphatic rings. The highest BCUT2D eigenvalue weighted by Crippen LogP contribution is 2.35. The van der Waals surface area contributed by atoms with Crippen molar-refractivity contribution >= 4 is 153 Å². The van der Waals surface area contributed by atoms with E-state index in [0.29, 0.717) is 64.5 Å². The monoisotopic (exact) mass is 1870 g/mol. The van der Waals surface area contributed by atoms with E-state index >= 15 is 0 Å². The Kier molecular flexibility index (Phi) is 26.1. The van der Waals surface area contributed by atoms with Crippen LogP contribution in [-0.4, -0.2) is 120 Å². The normalized spacial score (nSPS) is 11.7. The number of aryl methyl sites for hydroxylation is 1. The number of thiazole rings is 2. The van der Waals surface area contributed by atoms with Gasteiger partial charge in [-0.3, -0.25) is 54.3 Å². The van der Waals surface area contributed by atoms with E-state index in [0.717, 1.165) is 139 Å². The molecule has 0 spiro atoms. The van der Waals surface area contributed by atoms with Crippen molar-refractivity contribution in [3.8, 4) is 35.1 Å². The number of rotatable bonds is 22. The summed E-state index contributed by atoms with van der Waals surface area (Å²) in [6, 6.07) is 81.5. The molecule has 0 unspecified atom stereocenters. The number of aromatic amines is 9. The molecule has 29 nitrogen and oxygen atoms in total. The maximum Gasteiger partial charge on any atom is 0.287 e. The van der Waals surface area contributed by atoms with Crippen molar-refractivity contribution in [3.63, 3.8) is 0 Å². The zero-order valence-electron chi connectivity index (χ0n) is 69.5. The molecule has 9 aromatic carbocycles. The number of thioether (sulfide) groups is 5. The zero-order valence-corrected chi connectivity index (χ0v) is 75.3. The summed E-state index contributed by atoms with van der Waals surface area (Å²) >= 11 is 11.0. The number of nitrogens with zero attached hydrogens (tertiary/aromatic N) is 14. The number of nitrogens with one attached hydrogen (secondary N) is 9. The van der Waals surface area contributed by atoms with Gasteiger partial charge < -0.3 is 19.9 Å². The number of H-pyrrole nitrogens is 9. The van der Waals surface area contributed by atoms with E-state index in [9.17, 15) is 37.5 Å². The van der Waals surface area contributed by atoms with Gasteiger partial charge in [-0.25, -0.2) is 49.5 Å². The van der Waals surface area contributed by atoms with E-state index in [-0.39, 0.29) is 44.4 Å². The first kappa shape index (κ1) is 87.2. The zero-order chi connectivity index (χ0) is 90.1. The molecule has 12 aromatic heterocycles. The molecular formula is C93H75F2N23O6S7. The summed E-state index contributed by atoms with van der Waals surface area (Å²) in [4.78, 5) is 127. The summed E-state index contributed by atoms with van der Waals surface area (Å²) in [6.45, 7) is 4.40. The molecule has 0 aliphatic carbocycles. The predicted molar refractivity (Wildman–Crippen MR) is 516 cm³/mol. The number of carbonyl (C=O) groups is 1. The van der Waals surface area contributed by atoms with Crippen molar-refractivity contribution in [1.29, 1.82) is 0 Å². The minimum absolute atomic E-state index is 0.0498. The molecule has 21 aromatic rings. The number of para-hydroxylation sites is 9. The average Bonchev–Trinajstić information content (AvgIpc) is 1.66. The van der Waals surface area contributed by atoms with Crippen molar-refractivity contribution in [2.75, 3.05) is 0 Å². The van der Waals surface area contributed by atoms with Crippen LogP contribution in [0, 0.1) is 6.92 Å². The van der Waals surface area contributed by atoms with E-state index in [1.165, 1.54) is 52.2 Å². The third-order valence-electron chi connectivity index (χ3n) is 20.1. The summed E-state index contributed by atoms with van der Waals surface area (Å²) in [7, 11) is 0. The van der Waals surface area contributed by atoms with E-state index in [1.54, 1.807) is 106 Å². The molecule has 0 radical (unpaired) electrons. The van der Waals surface area contributed by atoms with E-state index in [2.05, 4.69) is 145 Å². The second kappa shape index (κ2) is 39.2. The number of imidazole rings is 4. The lowest BCUT2D eigenvalue weighted by molar-refractivity contribution is 0.0119. The fourth-order valence-corrected chi connectivity index (χ4v) is 19.7. The lowest BCUT2D eigenvalue weighted by atomic mass is 10.1. The van der Waals surface area contributed by atoms with Gasteiger partial charge in [-0.15, -0.1) is 46.2 Å². The summed E-state index contributed by atoms with van der Waals surface area (Å²) in [6.07, 6.45) is 1.98. The van der Waals surface area contributed by atoms with Gasteiger partial charge in [0.2, 0.25) is 23.8 Å². The summed E-state index contributed by atoms with van der Waals surface area (Å²) in [5, 5.41) is 17.8. The molecule has 13 heterocycles. The van der Waals surface area contributed by atoms with Crippen LogP contribution in [0.2, 0.25) is 0 Å². The van der Waals surface area contributed by atoms with Crippen molar-refractivity contribution in [1.82, 2.24) is 109 Å². The van der Waals surface area contributed by atoms with Gasteiger partial charge in [-0.05, 0) is 122 Å². The lowest BCUT2D eigenvalue weighted by Gasteiger charge is -2.09. The molecule has 131 heavy (non-hydrogen) atoms. The molecule has 0 fully saturated rings. The summed E-state index contributed by atoms with van der Waals surface area (Å²) in [5.74, 6) is 2.54. The number of hydrogen-bond donors (Lipinski definition) is 9. The van der Waals surface area contributed by atoms with Crippen LogP contribution < -0.4 is 27.8 Å². The van der Waals surface area contributed by atoms with Gasteiger partial charge in [0.05, 0.1) is 65.7 Å². The first-order valence-corrected chi connectivity index (χ1v) is 47.2. The number of ketones is 1. The molecule has 38 heteroatoms. The Morgan fingerprint density at radius 2 is 0.840 bits per heavy atom. The van der Waals surface area contributed by atoms with Crippen LogP contribution in [0.1, 0.15) is 69.5 Å². The first-order chi connectivity index (χ1) is 63.7. The van der Waals surface area contributed by atoms with Crippen LogP contribution in [0.25, 0.3) is 89.4 Å². The Hall–Kier alpha value is -14.5. The number of benzene rings is 9. The van der Waals surface area contributed by atoms with Crippen LogP contribution in [-0.2, 0) is 41.1 Å². The van der Waals surface area contributed by atoms with Crippen LogP contribution in [0.3, 0.4) is 0 Å². The van der Waals surface area contributed by atoms with Gasteiger partial charge >= 0.3 is 0 Å². The number of carbonyl (C=O) groups excluding carboxylic acids is 1.